The van der Waals surface area contributed by atoms with Gasteiger partial charge in [0.25, 0.3) is 5.69 Å². The van der Waals surface area contributed by atoms with Crippen LogP contribution in [-0.4, -0.2) is 23.2 Å². The number of hydrogen-bond acceptors (Lipinski definition) is 4. The Balaban J connectivity index is 2.85. The van der Waals surface area contributed by atoms with Crippen LogP contribution < -0.4 is 5.32 Å². The predicted octanol–water partition coefficient (Wildman–Crippen LogP) is 2.72. The molecule has 100 valence electrons. The predicted molar refractivity (Wildman–Crippen MR) is 71.8 cm³/mol. The average Bonchev–Trinajstić information content (AvgIpc) is 2.26. The summed E-state index contributed by atoms with van der Waals surface area (Å²) in [6.45, 7) is 6.44. The fourth-order valence-corrected chi connectivity index (χ4v) is 1.77. The number of nitrogens with one attached hydrogen (secondary N) is 1. The number of nitro groups is 1. The zero-order chi connectivity index (χ0) is 13.8. The van der Waals surface area contributed by atoms with Crippen LogP contribution in [0.3, 0.4) is 0 Å². The van der Waals surface area contributed by atoms with Crippen molar-refractivity contribution in [1.82, 2.24) is 0 Å². The number of anilines is 1. The lowest BCUT2D eigenvalue weighted by atomic mass is 9.89. The van der Waals surface area contributed by atoms with Crippen LogP contribution in [0.15, 0.2) is 18.2 Å². The van der Waals surface area contributed by atoms with Crippen molar-refractivity contribution in [1.29, 1.82) is 0 Å². The molecule has 1 aromatic carbocycles. The van der Waals surface area contributed by atoms with Gasteiger partial charge in [0.2, 0.25) is 0 Å². The lowest BCUT2D eigenvalue weighted by Crippen LogP contribution is -2.24. The Morgan fingerprint density at radius 2 is 2.11 bits per heavy atom. The lowest BCUT2D eigenvalue weighted by Gasteiger charge is -2.24. The molecule has 0 saturated carbocycles. The molecule has 0 atom stereocenters. The molecule has 0 heterocycles. The number of aryl methyl sites for hydroxylation is 1. The molecule has 1 rings (SSSR count). The van der Waals surface area contributed by atoms with Crippen molar-refractivity contribution in [2.45, 2.75) is 27.2 Å². The minimum Gasteiger partial charge on any atom is -0.396 e. The highest BCUT2D eigenvalue weighted by Crippen LogP contribution is 2.29. The minimum absolute atomic E-state index is 0.105. The summed E-state index contributed by atoms with van der Waals surface area (Å²) in [7, 11) is 0. The van der Waals surface area contributed by atoms with Crippen molar-refractivity contribution >= 4 is 11.4 Å². The number of aliphatic hydroxyl groups excluding tert-OH is 1. The smallest absolute Gasteiger partial charge is 0.295 e. The molecule has 0 fully saturated rings. The van der Waals surface area contributed by atoms with Crippen molar-refractivity contribution in [3.05, 3.63) is 33.9 Å². The first-order valence-electron chi connectivity index (χ1n) is 5.96. The molecule has 0 radical (unpaired) electrons. The second-order valence-electron chi connectivity index (χ2n) is 5.22. The first kappa shape index (κ1) is 14.4. The molecule has 1 aromatic rings. The van der Waals surface area contributed by atoms with E-state index in [9.17, 15) is 10.1 Å². The topological polar surface area (TPSA) is 75.4 Å². The van der Waals surface area contributed by atoms with Gasteiger partial charge in [-0.3, -0.25) is 10.1 Å². The number of benzene rings is 1. The van der Waals surface area contributed by atoms with E-state index < -0.39 is 0 Å². The number of nitrogens with zero attached hydrogens (tertiary/aromatic N) is 1. The molecule has 0 spiro atoms. The highest BCUT2D eigenvalue weighted by molar-refractivity contribution is 5.65. The van der Waals surface area contributed by atoms with E-state index in [-0.39, 0.29) is 22.6 Å². The van der Waals surface area contributed by atoms with Gasteiger partial charge in [0.1, 0.15) is 5.69 Å². The Labute approximate surface area is 107 Å². The number of nitro benzene ring substituents is 1. The third-order valence-corrected chi connectivity index (χ3v) is 2.97. The first-order valence-corrected chi connectivity index (χ1v) is 5.96. The van der Waals surface area contributed by atoms with Crippen LogP contribution in [0.4, 0.5) is 11.4 Å². The Morgan fingerprint density at radius 1 is 1.44 bits per heavy atom. The van der Waals surface area contributed by atoms with Crippen molar-refractivity contribution in [3.63, 3.8) is 0 Å². The van der Waals surface area contributed by atoms with Crippen molar-refractivity contribution < 1.29 is 10.0 Å². The van der Waals surface area contributed by atoms with Crippen molar-refractivity contribution in [2.75, 3.05) is 18.5 Å². The van der Waals surface area contributed by atoms with E-state index in [1.54, 1.807) is 25.1 Å². The van der Waals surface area contributed by atoms with Gasteiger partial charge >= 0.3 is 0 Å². The molecule has 0 saturated heterocycles. The van der Waals surface area contributed by atoms with Gasteiger partial charge in [-0.05, 0) is 24.8 Å². The van der Waals surface area contributed by atoms with Crippen LogP contribution in [0.2, 0.25) is 0 Å². The number of aliphatic hydroxyl groups is 1. The molecule has 0 aliphatic rings. The molecule has 0 aliphatic heterocycles. The molecule has 0 unspecified atom stereocenters. The molecule has 2 N–H and O–H groups in total. The van der Waals surface area contributed by atoms with Crippen LogP contribution in [0.1, 0.15) is 25.8 Å². The van der Waals surface area contributed by atoms with E-state index in [1.165, 1.54) is 0 Å². The summed E-state index contributed by atoms with van der Waals surface area (Å²) in [5.41, 5.74) is 1.19. The fourth-order valence-electron chi connectivity index (χ4n) is 1.77. The normalized spacial score (nSPS) is 11.3. The number of rotatable bonds is 6. The molecule has 5 nitrogen and oxygen atoms in total. The van der Waals surface area contributed by atoms with Gasteiger partial charge in [-0.25, -0.2) is 0 Å². The van der Waals surface area contributed by atoms with Gasteiger partial charge in [-0.1, -0.05) is 26.0 Å². The van der Waals surface area contributed by atoms with E-state index in [1.807, 2.05) is 13.8 Å². The van der Waals surface area contributed by atoms with Crippen molar-refractivity contribution in [3.8, 4) is 0 Å². The maximum Gasteiger partial charge on any atom is 0.295 e. The van der Waals surface area contributed by atoms with Gasteiger partial charge in [0.15, 0.2) is 0 Å². The van der Waals surface area contributed by atoms with Gasteiger partial charge in [-0.15, -0.1) is 0 Å². The van der Waals surface area contributed by atoms with E-state index >= 15 is 0 Å². The number of hydrogen-bond donors (Lipinski definition) is 2. The van der Waals surface area contributed by atoms with E-state index in [0.717, 1.165) is 0 Å². The van der Waals surface area contributed by atoms with Gasteiger partial charge in [-0.2, -0.15) is 0 Å². The summed E-state index contributed by atoms with van der Waals surface area (Å²) >= 11 is 0. The molecule has 0 aliphatic carbocycles. The standard InChI is InChI=1S/C13H20N2O3/c1-10-5-4-6-11(12(10)15(17)18)14-9-13(2,3)7-8-16/h4-6,14,16H,7-9H2,1-3H3. The second-order valence-corrected chi connectivity index (χ2v) is 5.22. The van der Waals surface area contributed by atoms with Crippen LogP contribution in [0.25, 0.3) is 0 Å². The van der Waals surface area contributed by atoms with Crippen molar-refractivity contribution in [2.24, 2.45) is 5.41 Å². The zero-order valence-corrected chi connectivity index (χ0v) is 11.1. The Bertz CT molecular complexity index is 430. The zero-order valence-electron chi connectivity index (χ0n) is 11.1. The van der Waals surface area contributed by atoms with Crippen LogP contribution in [-0.2, 0) is 0 Å². The molecule has 5 heteroatoms. The third kappa shape index (κ3) is 3.70. The molecule has 0 bridgehead atoms. The highest BCUT2D eigenvalue weighted by Gasteiger charge is 2.21. The van der Waals surface area contributed by atoms with Gasteiger partial charge in [0.05, 0.1) is 4.92 Å². The van der Waals surface area contributed by atoms with Crippen LogP contribution in [0.5, 0.6) is 0 Å². The maximum absolute atomic E-state index is 11.0. The maximum atomic E-state index is 11.0. The fraction of sp³-hybridized carbons (Fsp3) is 0.538. The lowest BCUT2D eigenvalue weighted by molar-refractivity contribution is -0.384. The van der Waals surface area contributed by atoms with E-state index in [4.69, 9.17) is 5.11 Å². The average molecular weight is 252 g/mol. The molecule has 18 heavy (non-hydrogen) atoms. The largest absolute Gasteiger partial charge is 0.396 e. The second kappa shape index (κ2) is 5.82. The first-order chi connectivity index (χ1) is 8.37. The van der Waals surface area contributed by atoms with Crippen LogP contribution in [0, 0.1) is 22.5 Å². The van der Waals surface area contributed by atoms with E-state index in [2.05, 4.69) is 5.32 Å². The van der Waals surface area contributed by atoms with Crippen LogP contribution >= 0.6 is 0 Å². The molecular weight excluding hydrogens is 232 g/mol. The summed E-state index contributed by atoms with van der Waals surface area (Å²) in [4.78, 5) is 10.7. The third-order valence-electron chi connectivity index (χ3n) is 2.97. The summed E-state index contributed by atoms with van der Waals surface area (Å²) in [5, 5.41) is 23.1. The minimum atomic E-state index is -0.364. The molecular formula is C13H20N2O3. The number of para-hydroxylation sites is 1. The quantitative estimate of drug-likeness (QED) is 0.603. The van der Waals surface area contributed by atoms with E-state index in [0.29, 0.717) is 24.2 Å². The highest BCUT2D eigenvalue weighted by atomic mass is 16.6. The Morgan fingerprint density at radius 3 is 2.67 bits per heavy atom. The summed E-state index contributed by atoms with van der Waals surface area (Å²) in [6, 6.07) is 5.23. The SMILES string of the molecule is Cc1cccc(NCC(C)(C)CCO)c1[N+](=O)[O-]. The Kier molecular flexibility index (Phi) is 4.67. The monoisotopic (exact) mass is 252 g/mol. The summed E-state index contributed by atoms with van der Waals surface area (Å²) in [5.74, 6) is 0. The van der Waals surface area contributed by atoms with Gasteiger partial charge < -0.3 is 10.4 Å². The summed E-state index contributed by atoms with van der Waals surface area (Å²) < 4.78 is 0. The Hall–Kier alpha value is -1.62. The van der Waals surface area contributed by atoms with Gasteiger partial charge in [0, 0.05) is 18.7 Å². The molecule has 0 aromatic heterocycles. The molecule has 0 amide bonds. The summed E-state index contributed by atoms with van der Waals surface area (Å²) in [6.07, 6.45) is 0.652.